The minimum atomic E-state index is 1.11. The van der Waals surface area contributed by atoms with Crippen molar-refractivity contribution in [3.05, 3.63) is 28.2 Å². The van der Waals surface area contributed by atoms with Crippen molar-refractivity contribution in [3.63, 3.8) is 0 Å². The van der Waals surface area contributed by atoms with Gasteiger partial charge in [0.1, 0.15) is 0 Å². The zero-order valence-electron chi connectivity index (χ0n) is 8.59. The van der Waals surface area contributed by atoms with Crippen LogP contribution >= 0.6 is 15.9 Å². The third-order valence-corrected chi connectivity index (χ3v) is 3.28. The van der Waals surface area contributed by atoms with E-state index in [0.717, 1.165) is 6.42 Å². The van der Waals surface area contributed by atoms with Crippen LogP contribution in [-0.4, -0.2) is 13.1 Å². The number of hydrogen-bond acceptors (Lipinski definition) is 1. The molecule has 0 spiro atoms. The molecule has 1 aliphatic rings. The summed E-state index contributed by atoms with van der Waals surface area (Å²) in [6.45, 7) is 4.65. The molecule has 1 fully saturated rings. The van der Waals surface area contributed by atoms with Crippen LogP contribution < -0.4 is 4.90 Å². The smallest absolute Gasteiger partial charge is 0.0380 e. The van der Waals surface area contributed by atoms with Gasteiger partial charge in [-0.05, 0) is 43.0 Å². The van der Waals surface area contributed by atoms with E-state index in [1.165, 1.54) is 41.7 Å². The van der Waals surface area contributed by atoms with Crippen molar-refractivity contribution >= 4 is 21.6 Å². The van der Waals surface area contributed by atoms with Crippen molar-refractivity contribution in [2.75, 3.05) is 18.0 Å². The van der Waals surface area contributed by atoms with Crippen LogP contribution in [0.15, 0.2) is 22.7 Å². The molecule has 0 N–H and O–H groups in total. The first-order valence-corrected chi connectivity index (χ1v) is 6.13. The molecule has 1 saturated heterocycles. The Balaban J connectivity index is 2.27. The SMILES string of the molecule is CCc1cc(Br)cc(N2CCCC2)c1. The van der Waals surface area contributed by atoms with E-state index in [-0.39, 0.29) is 0 Å². The Kier molecular flexibility index (Phi) is 3.12. The van der Waals surface area contributed by atoms with E-state index < -0.39 is 0 Å². The molecule has 2 heteroatoms. The van der Waals surface area contributed by atoms with E-state index >= 15 is 0 Å². The molecule has 1 aliphatic heterocycles. The average Bonchev–Trinajstić information content (AvgIpc) is 2.69. The predicted molar refractivity (Wildman–Crippen MR) is 65.0 cm³/mol. The minimum Gasteiger partial charge on any atom is -0.371 e. The molecule has 1 aromatic carbocycles. The first kappa shape index (κ1) is 10.0. The summed E-state index contributed by atoms with van der Waals surface area (Å²) in [5, 5.41) is 0. The Morgan fingerprint density at radius 2 is 1.93 bits per heavy atom. The van der Waals surface area contributed by atoms with E-state index in [0.29, 0.717) is 0 Å². The fourth-order valence-electron chi connectivity index (χ4n) is 2.00. The molecule has 0 atom stereocenters. The number of nitrogens with zero attached hydrogens (tertiary/aromatic N) is 1. The fourth-order valence-corrected chi connectivity index (χ4v) is 2.52. The fraction of sp³-hybridized carbons (Fsp3) is 0.500. The maximum atomic E-state index is 3.57. The maximum Gasteiger partial charge on any atom is 0.0380 e. The zero-order valence-corrected chi connectivity index (χ0v) is 10.2. The third kappa shape index (κ3) is 2.11. The van der Waals surface area contributed by atoms with Crippen molar-refractivity contribution in [1.82, 2.24) is 0 Å². The van der Waals surface area contributed by atoms with Gasteiger partial charge in [-0.3, -0.25) is 0 Å². The molecule has 76 valence electrons. The van der Waals surface area contributed by atoms with Crippen molar-refractivity contribution in [2.45, 2.75) is 26.2 Å². The van der Waals surface area contributed by atoms with Gasteiger partial charge >= 0.3 is 0 Å². The first-order chi connectivity index (χ1) is 6.79. The van der Waals surface area contributed by atoms with E-state index in [1.54, 1.807) is 0 Å². The van der Waals surface area contributed by atoms with Crippen molar-refractivity contribution in [2.24, 2.45) is 0 Å². The lowest BCUT2D eigenvalue weighted by atomic mass is 10.1. The molecule has 2 rings (SSSR count). The van der Waals surface area contributed by atoms with Gasteiger partial charge in [-0.2, -0.15) is 0 Å². The molecule has 0 bridgehead atoms. The van der Waals surface area contributed by atoms with E-state index in [9.17, 15) is 0 Å². The van der Waals surface area contributed by atoms with Crippen LogP contribution in [0.5, 0.6) is 0 Å². The highest BCUT2D eigenvalue weighted by molar-refractivity contribution is 9.10. The van der Waals surface area contributed by atoms with Crippen LogP contribution in [0.4, 0.5) is 5.69 Å². The second-order valence-corrected chi connectivity index (χ2v) is 4.78. The summed E-state index contributed by atoms with van der Waals surface area (Å²) in [6.07, 6.45) is 3.79. The molecule has 0 saturated carbocycles. The molecule has 1 nitrogen and oxygen atoms in total. The van der Waals surface area contributed by atoms with Gasteiger partial charge in [-0.1, -0.05) is 22.9 Å². The minimum absolute atomic E-state index is 1.11. The van der Waals surface area contributed by atoms with Crippen LogP contribution in [0.1, 0.15) is 25.3 Å². The number of aryl methyl sites for hydroxylation is 1. The molecule has 0 unspecified atom stereocenters. The lowest BCUT2D eigenvalue weighted by molar-refractivity contribution is 0.949. The van der Waals surface area contributed by atoms with Crippen LogP contribution in [-0.2, 0) is 6.42 Å². The number of benzene rings is 1. The summed E-state index contributed by atoms with van der Waals surface area (Å²) in [7, 11) is 0. The second-order valence-electron chi connectivity index (χ2n) is 3.87. The number of halogens is 1. The highest BCUT2D eigenvalue weighted by Gasteiger charge is 2.12. The third-order valence-electron chi connectivity index (χ3n) is 2.82. The van der Waals surface area contributed by atoms with Gasteiger partial charge < -0.3 is 4.90 Å². The summed E-state index contributed by atoms with van der Waals surface area (Å²) in [6, 6.07) is 6.75. The van der Waals surface area contributed by atoms with E-state index in [2.05, 4.69) is 46.0 Å². The molecule has 0 amide bonds. The molecule has 1 aromatic rings. The molecule has 1 heterocycles. The summed E-state index contributed by atoms with van der Waals surface area (Å²) in [5.41, 5.74) is 2.80. The number of hydrogen-bond donors (Lipinski definition) is 0. The molecular weight excluding hydrogens is 238 g/mol. The quantitative estimate of drug-likeness (QED) is 0.779. The molecule has 14 heavy (non-hydrogen) atoms. The Morgan fingerprint density at radius 3 is 2.57 bits per heavy atom. The van der Waals surface area contributed by atoms with Gasteiger partial charge in [0.15, 0.2) is 0 Å². The lowest BCUT2D eigenvalue weighted by Gasteiger charge is -2.18. The van der Waals surface area contributed by atoms with Crippen molar-refractivity contribution < 1.29 is 0 Å². The highest BCUT2D eigenvalue weighted by atomic mass is 79.9. The summed E-state index contributed by atoms with van der Waals surface area (Å²) >= 11 is 3.57. The standard InChI is InChI=1S/C12H16BrN/c1-2-10-7-11(13)9-12(8-10)14-5-3-4-6-14/h7-9H,2-6H2,1H3. The van der Waals surface area contributed by atoms with Crippen LogP contribution in [0, 0.1) is 0 Å². The van der Waals surface area contributed by atoms with Gasteiger partial charge in [-0.25, -0.2) is 0 Å². The summed E-state index contributed by atoms with van der Waals surface area (Å²) < 4.78 is 1.21. The Morgan fingerprint density at radius 1 is 1.21 bits per heavy atom. The Hall–Kier alpha value is -0.500. The Bertz CT molecular complexity index is 316. The molecule has 0 radical (unpaired) electrons. The van der Waals surface area contributed by atoms with Crippen molar-refractivity contribution in [1.29, 1.82) is 0 Å². The van der Waals surface area contributed by atoms with Gasteiger partial charge in [0.25, 0.3) is 0 Å². The molecular formula is C12H16BrN. The van der Waals surface area contributed by atoms with Crippen LogP contribution in [0.2, 0.25) is 0 Å². The topological polar surface area (TPSA) is 3.24 Å². The molecule has 0 aromatic heterocycles. The molecule has 0 aliphatic carbocycles. The van der Waals surface area contributed by atoms with Crippen LogP contribution in [0.25, 0.3) is 0 Å². The van der Waals surface area contributed by atoms with Gasteiger partial charge in [0.05, 0.1) is 0 Å². The first-order valence-electron chi connectivity index (χ1n) is 5.34. The monoisotopic (exact) mass is 253 g/mol. The predicted octanol–water partition coefficient (Wildman–Crippen LogP) is 3.61. The van der Waals surface area contributed by atoms with E-state index in [4.69, 9.17) is 0 Å². The summed E-state index contributed by atoms with van der Waals surface area (Å²) in [4.78, 5) is 2.48. The largest absolute Gasteiger partial charge is 0.371 e. The lowest BCUT2D eigenvalue weighted by Crippen LogP contribution is -2.17. The van der Waals surface area contributed by atoms with Crippen LogP contribution in [0.3, 0.4) is 0 Å². The van der Waals surface area contributed by atoms with Crippen molar-refractivity contribution in [3.8, 4) is 0 Å². The number of rotatable bonds is 2. The van der Waals surface area contributed by atoms with E-state index in [1.807, 2.05) is 0 Å². The van der Waals surface area contributed by atoms with Gasteiger partial charge in [0.2, 0.25) is 0 Å². The highest BCUT2D eigenvalue weighted by Crippen LogP contribution is 2.25. The number of anilines is 1. The second kappa shape index (κ2) is 4.35. The maximum absolute atomic E-state index is 3.57. The average molecular weight is 254 g/mol. The zero-order chi connectivity index (χ0) is 9.97. The van der Waals surface area contributed by atoms with Gasteiger partial charge in [-0.15, -0.1) is 0 Å². The van der Waals surface area contributed by atoms with Gasteiger partial charge in [0, 0.05) is 23.2 Å². The Labute approximate surface area is 94.2 Å². The summed E-state index contributed by atoms with van der Waals surface area (Å²) in [5.74, 6) is 0. The normalized spacial score (nSPS) is 16.3.